The lowest BCUT2D eigenvalue weighted by Gasteiger charge is -2.03. The van der Waals surface area contributed by atoms with Gasteiger partial charge in [-0.25, -0.2) is 0 Å². The molecular formula is C11H11N3OS. The number of rotatable bonds is 3. The van der Waals surface area contributed by atoms with Crippen LogP contribution in [0.4, 0.5) is 0 Å². The van der Waals surface area contributed by atoms with Crippen LogP contribution in [0.25, 0.3) is 0 Å². The van der Waals surface area contributed by atoms with Crippen molar-refractivity contribution < 1.29 is 4.79 Å². The van der Waals surface area contributed by atoms with Gasteiger partial charge in [0.15, 0.2) is 0 Å². The van der Waals surface area contributed by atoms with Crippen LogP contribution >= 0.6 is 11.5 Å². The van der Waals surface area contributed by atoms with E-state index < -0.39 is 0 Å². The maximum atomic E-state index is 11.6. The summed E-state index contributed by atoms with van der Waals surface area (Å²) in [5, 5.41) is 6.43. The normalized spacial score (nSPS) is 10.1. The van der Waals surface area contributed by atoms with E-state index in [1.54, 1.807) is 0 Å². The van der Waals surface area contributed by atoms with Crippen LogP contribution in [-0.4, -0.2) is 15.5 Å². The minimum Gasteiger partial charge on any atom is -0.347 e. The van der Waals surface area contributed by atoms with Gasteiger partial charge in [0.2, 0.25) is 0 Å². The number of nitrogens with one attached hydrogen (secondary N) is 1. The van der Waals surface area contributed by atoms with Crippen LogP contribution < -0.4 is 5.32 Å². The van der Waals surface area contributed by atoms with Crippen LogP contribution in [0.3, 0.4) is 0 Å². The fourth-order valence-corrected chi connectivity index (χ4v) is 1.67. The molecular weight excluding hydrogens is 222 g/mol. The van der Waals surface area contributed by atoms with Crippen molar-refractivity contribution in [1.82, 2.24) is 14.9 Å². The summed E-state index contributed by atoms with van der Waals surface area (Å²) in [7, 11) is 0. The lowest BCUT2D eigenvalue weighted by Crippen LogP contribution is -2.21. The van der Waals surface area contributed by atoms with E-state index in [4.69, 9.17) is 0 Å². The first-order chi connectivity index (χ1) is 7.75. The average Bonchev–Trinajstić information content (AvgIpc) is 2.81. The van der Waals surface area contributed by atoms with E-state index in [-0.39, 0.29) is 5.91 Å². The van der Waals surface area contributed by atoms with Crippen molar-refractivity contribution >= 4 is 17.4 Å². The molecule has 0 fully saturated rings. The summed E-state index contributed by atoms with van der Waals surface area (Å²) in [6, 6.07) is 8.05. The summed E-state index contributed by atoms with van der Waals surface area (Å²) in [4.78, 5) is 12.1. The highest BCUT2D eigenvalue weighted by molar-refractivity contribution is 7.07. The van der Waals surface area contributed by atoms with Crippen molar-refractivity contribution in [1.29, 1.82) is 0 Å². The molecule has 0 spiro atoms. The average molecular weight is 233 g/mol. The molecule has 0 saturated carbocycles. The molecule has 5 heteroatoms. The van der Waals surface area contributed by atoms with Crippen molar-refractivity contribution in [2.24, 2.45) is 0 Å². The molecule has 2 rings (SSSR count). The topological polar surface area (TPSA) is 54.9 Å². The Morgan fingerprint density at radius 1 is 1.38 bits per heavy atom. The minimum absolute atomic E-state index is 0.129. The van der Waals surface area contributed by atoms with Gasteiger partial charge in [0.25, 0.3) is 5.91 Å². The third-order valence-corrected chi connectivity index (χ3v) is 2.82. The Morgan fingerprint density at radius 2 is 2.12 bits per heavy atom. The highest BCUT2D eigenvalue weighted by Gasteiger charge is 2.07. The van der Waals surface area contributed by atoms with Crippen LogP contribution in [0.1, 0.15) is 20.8 Å². The van der Waals surface area contributed by atoms with E-state index in [1.165, 1.54) is 11.8 Å². The molecule has 16 heavy (non-hydrogen) atoms. The highest BCUT2D eigenvalue weighted by Crippen LogP contribution is 2.04. The molecule has 82 valence electrons. The van der Waals surface area contributed by atoms with Crippen molar-refractivity contribution in [3.8, 4) is 0 Å². The van der Waals surface area contributed by atoms with E-state index in [1.807, 2.05) is 31.2 Å². The van der Waals surface area contributed by atoms with Crippen LogP contribution in [0.2, 0.25) is 0 Å². The van der Waals surface area contributed by atoms with Crippen LogP contribution in [0.15, 0.2) is 30.5 Å². The molecule has 0 aliphatic heterocycles. The zero-order chi connectivity index (χ0) is 11.4. The number of nitrogens with zero attached hydrogens (tertiary/aromatic N) is 2. The number of hydrogen-bond donors (Lipinski definition) is 1. The number of benzene rings is 1. The molecule has 4 nitrogen and oxygen atoms in total. The Balaban J connectivity index is 1.93. The molecule has 0 atom stereocenters. The maximum absolute atomic E-state index is 11.6. The second-order valence-corrected chi connectivity index (χ2v) is 4.24. The van der Waals surface area contributed by atoms with Gasteiger partial charge in [-0.15, -0.1) is 5.10 Å². The summed E-state index contributed by atoms with van der Waals surface area (Å²) in [5.41, 5.74) is 2.29. The maximum Gasteiger partial charge on any atom is 0.264 e. The molecule has 0 aliphatic rings. The molecule has 0 unspecified atom stereocenters. The van der Waals surface area contributed by atoms with Crippen molar-refractivity contribution in [3.05, 3.63) is 46.5 Å². The first-order valence-electron chi connectivity index (χ1n) is 4.87. The zero-order valence-electron chi connectivity index (χ0n) is 8.80. The van der Waals surface area contributed by atoms with Crippen LogP contribution in [0.5, 0.6) is 0 Å². The molecule has 0 saturated heterocycles. The molecule has 1 amide bonds. The van der Waals surface area contributed by atoms with Gasteiger partial charge in [0.05, 0.1) is 6.20 Å². The summed E-state index contributed by atoms with van der Waals surface area (Å²) >= 11 is 1.10. The van der Waals surface area contributed by atoms with Crippen molar-refractivity contribution in [2.75, 3.05) is 0 Å². The number of carbonyl (C=O) groups excluding carboxylic acids is 1. The molecule has 0 bridgehead atoms. The zero-order valence-corrected chi connectivity index (χ0v) is 9.62. The molecule has 2 aromatic rings. The smallest absolute Gasteiger partial charge is 0.264 e. The SMILES string of the molecule is Cc1ccc(CNC(=O)c2cnns2)cc1. The predicted octanol–water partition coefficient (Wildman–Crippen LogP) is 1.78. The quantitative estimate of drug-likeness (QED) is 0.879. The summed E-state index contributed by atoms with van der Waals surface area (Å²) in [6.45, 7) is 2.56. The number of hydrogen-bond acceptors (Lipinski definition) is 4. The fraction of sp³-hybridized carbons (Fsp3) is 0.182. The van der Waals surface area contributed by atoms with Gasteiger partial charge in [-0.2, -0.15) is 0 Å². The highest BCUT2D eigenvalue weighted by atomic mass is 32.1. The van der Waals surface area contributed by atoms with E-state index in [2.05, 4.69) is 14.9 Å². The summed E-state index contributed by atoms with van der Waals surface area (Å²) in [6.07, 6.45) is 1.47. The van der Waals surface area contributed by atoms with Gasteiger partial charge in [0.1, 0.15) is 4.88 Å². The number of amides is 1. The second-order valence-electron chi connectivity index (χ2n) is 3.45. The molecule has 0 aliphatic carbocycles. The van der Waals surface area contributed by atoms with E-state index in [0.717, 1.165) is 17.1 Å². The second kappa shape index (κ2) is 4.85. The van der Waals surface area contributed by atoms with Gasteiger partial charge in [-0.3, -0.25) is 4.79 Å². The number of carbonyl (C=O) groups is 1. The fourth-order valence-electron chi connectivity index (χ4n) is 1.24. The molecule has 1 aromatic heterocycles. The van der Waals surface area contributed by atoms with Gasteiger partial charge < -0.3 is 5.32 Å². The Labute approximate surface area is 97.5 Å². The van der Waals surface area contributed by atoms with Gasteiger partial charge in [0, 0.05) is 6.54 Å². The lowest BCUT2D eigenvalue weighted by molar-refractivity contribution is 0.0955. The van der Waals surface area contributed by atoms with Gasteiger partial charge in [-0.1, -0.05) is 34.3 Å². The first-order valence-corrected chi connectivity index (χ1v) is 5.64. The predicted molar refractivity (Wildman–Crippen MR) is 62.3 cm³/mol. The Morgan fingerprint density at radius 3 is 2.75 bits per heavy atom. The largest absolute Gasteiger partial charge is 0.347 e. The Kier molecular flexibility index (Phi) is 3.26. The Bertz CT molecular complexity index is 464. The monoisotopic (exact) mass is 233 g/mol. The molecule has 1 heterocycles. The molecule has 1 aromatic carbocycles. The van der Waals surface area contributed by atoms with E-state index in [0.29, 0.717) is 11.4 Å². The standard InChI is InChI=1S/C11H11N3OS/c1-8-2-4-9(5-3-8)6-12-11(15)10-7-13-14-16-10/h2-5,7H,6H2,1H3,(H,12,15). The minimum atomic E-state index is -0.129. The van der Waals surface area contributed by atoms with Crippen molar-refractivity contribution in [2.45, 2.75) is 13.5 Å². The van der Waals surface area contributed by atoms with Crippen LogP contribution in [-0.2, 0) is 6.54 Å². The molecule has 1 N–H and O–H groups in total. The lowest BCUT2D eigenvalue weighted by atomic mass is 10.1. The Hall–Kier alpha value is -1.75. The third kappa shape index (κ3) is 2.64. The summed E-state index contributed by atoms with van der Waals surface area (Å²) < 4.78 is 3.64. The van der Waals surface area contributed by atoms with E-state index in [9.17, 15) is 4.79 Å². The number of aryl methyl sites for hydroxylation is 1. The van der Waals surface area contributed by atoms with Gasteiger partial charge >= 0.3 is 0 Å². The summed E-state index contributed by atoms with van der Waals surface area (Å²) in [5.74, 6) is -0.129. The molecule has 0 radical (unpaired) electrons. The van der Waals surface area contributed by atoms with Gasteiger partial charge in [-0.05, 0) is 24.0 Å². The van der Waals surface area contributed by atoms with E-state index >= 15 is 0 Å². The first kappa shape index (κ1) is 10.8. The number of aromatic nitrogens is 2. The third-order valence-electron chi connectivity index (χ3n) is 2.16. The van der Waals surface area contributed by atoms with Crippen LogP contribution in [0, 0.1) is 6.92 Å². The van der Waals surface area contributed by atoms with Crippen molar-refractivity contribution in [3.63, 3.8) is 0 Å².